The van der Waals surface area contributed by atoms with Crippen LogP contribution < -0.4 is 10.6 Å². The van der Waals surface area contributed by atoms with Crippen LogP contribution >= 0.6 is 12.2 Å². The minimum atomic E-state index is 0.599. The van der Waals surface area contributed by atoms with E-state index in [4.69, 9.17) is 12.2 Å². The zero-order valence-electron chi connectivity index (χ0n) is 13.0. The Morgan fingerprint density at radius 3 is 2.61 bits per heavy atom. The third kappa shape index (κ3) is 4.05. The first-order valence-corrected chi connectivity index (χ1v) is 8.13. The molecule has 0 aliphatic heterocycles. The van der Waals surface area contributed by atoms with E-state index in [0.717, 1.165) is 17.8 Å². The molecule has 116 valence electrons. The van der Waals surface area contributed by atoms with Gasteiger partial charge in [0.2, 0.25) is 0 Å². The highest BCUT2D eigenvalue weighted by Crippen LogP contribution is 2.18. The lowest BCUT2D eigenvalue weighted by Crippen LogP contribution is -2.28. The zero-order valence-corrected chi connectivity index (χ0v) is 13.9. The van der Waals surface area contributed by atoms with E-state index < -0.39 is 0 Å². The quantitative estimate of drug-likeness (QED) is 0.703. The van der Waals surface area contributed by atoms with Gasteiger partial charge >= 0.3 is 0 Å². The highest BCUT2D eigenvalue weighted by atomic mass is 32.1. The highest BCUT2D eigenvalue weighted by molar-refractivity contribution is 7.80. The van der Waals surface area contributed by atoms with Crippen LogP contribution in [0, 0.1) is 0 Å². The Hall–Kier alpha value is -2.46. The Morgan fingerprint density at radius 1 is 1.04 bits per heavy atom. The average molecular weight is 321 g/mol. The highest BCUT2D eigenvalue weighted by Gasteiger charge is 2.01. The summed E-state index contributed by atoms with van der Waals surface area (Å²) in [5.41, 5.74) is 3.20. The van der Waals surface area contributed by atoms with Crippen LogP contribution in [-0.4, -0.2) is 10.1 Å². The van der Waals surface area contributed by atoms with Crippen molar-refractivity contribution in [1.29, 1.82) is 0 Å². The molecule has 3 aromatic rings. The van der Waals surface area contributed by atoms with Crippen molar-refractivity contribution in [3.8, 4) is 0 Å². The molecule has 3 rings (SSSR count). The van der Waals surface area contributed by atoms with Gasteiger partial charge in [0.05, 0.1) is 12.2 Å². The lowest BCUT2D eigenvalue weighted by atomic mass is 10.1. The van der Waals surface area contributed by atoms with Gasteiger partial charge in [-0.15, -0.1) is 0 Å². The normalized spacial score (nSPS) is 10.5. The van der Waals surface area contributed by atoms with E-state index in [-0.39, 0.29) is 0 Å². The predicted molar refractivity (Wildman–Crippen MR) is 101 cm³/mol. The Morgan fingerprint density at radius 2 is 1.87 bits per heavy atom. The molecule has 0 radical (unpaired) electrons. The fourth-order valence-electron chi connectivity index (χ4n) is 2.38. The molecule has 0 aliphatic carbocycles. The van der Waals surface area contributed by atoms with Crippen LogP contribution in [0.5, 0.6) is 0 Å². The van der Waals surface area contributed by atoms with Crippen LogP contribution in [0.25, 0.3) is 10.8 Å². The molecule has 0 fully saturated rings. The van der Waals surface area contributed by atoms with Gasteiger partial charge in [-0.1, -0.05) is 43.3 Å². The maximum absolute atomic E-state index is 5.36. The lowest BCUT2D eigenvalue weighted by Gasteiger charge is -2.11. The van der Waals surface area contributed by atoms with E-state index in [9.17, 15) is 0 Å². The van der Waals surface area contributed by atoms with Crippen molar-refractivity contribution in [1.82, 2.24) is 10.3 Å². The molecule has 0 saturated heterocycles. The number of aryl methyl sites for hydroxylation is 1. The van der Waals surface area contributed by atoms with Crippen molar-refractivity contribution in [3.05, 3.63) is 72.1 Å². The van der Waals surface area contributed by atoms with Crippen molar-refractivity contribution < 1.29 is 0 Å². The fourth-order valence-corrected chi connectivity index (χ4v) is 2.57. The fraction of sp³-hybridized carbons (Fsp3) is 0.158. The van der Waals surface area contributed by atoms with E-state index in [0.29, 0.717) is 11.7 Å². The van der Waals surface area contributed by atoms with E-state index in [1.165, 1.54) is 16.3 Å². The Labute approximate surface area is 141 Å². The summed E-state index contributed by atoms with van der Waals surface area (Å²) in [5.74, 6) is 0. The van der Waals surface area contributed by atoms with Crippen molar-refractivity contribution in [2.45, 2.75) is 19.9 Å². The van der Waals surface area contributed by atoms with E-state index in [1.807, 2.05) is 30.5 Å². The molecular formula is C19H19N3S. The van der Waals surface area contributed by atoms with Crippen LogP contribution in [0.4, 0.5) is 5.69 Å². The summed E-state index contributed by atoms with van der Waals surface area (Å²) in [4.78, 5) is 4.42. The molecular weight excluding hydrogens is 302 g/mol. The number of benzene rings is 2. The average Bonchev–Trinajstić information content (AvgIpc) is 2.60. The molecule has 4 heteroatoms. The molecule has 23 heavy (non-hydrogen) atoms. The first kappa shape index (κ1) is 15.4. The third-order valence-corrected chi connectivity index (χ3v) is 3.98. The van der Waals surface area contributed by atoms with Gasteiger partial charge in [-0.2, -0.15) is 0 Å². The zero-order chi connectivity index (χ0) is 16.1. The smallest absolute Gasteiger partial charge is 0.171 e. The summed E-state index contributed by atoms with van der Waals surface area (Å²) in [6.45, 7) is 2.74. The van der Waals surface area contributed by atoms with Crippen LogP contribution in [0.1, 0.15) is 18.2 Å². The number of hydrogen-bond acceptors (Lipinski definition) is 2. The molecule has 2 N–H and O–H groups in total. The standard InChI is InChI=1S/C19H19N3S/c1-2-14-7-9-18(20-12-14)13-21-19(23)22-17-10-8-15-5-3-4-6-16(15)11-17/h3-12H,2,13H2,1H3,(H2,21,22,23). The molecule has 0 spiro atoms. The van der Waals surface area contributed by atoms with Gasteiger partial charge in [0.25, 0.3) is 0 Å². The molecule has 0 unspecified atom stereocenters. The maximum Gasteiger partial charge on any atom is 0.171 e. The molecule has 0 saturated carbocycles. The summed E-state index contributed by atoms with van der Waals surface area (Å²) in [7, 11) is 0. The van der Waals surface area contributed by atoms with Gasteiger partial charge in [0, 0.05) is 11.9 Å². The molecule has 0 amide bonds. The summed E-state index contributed by atoms with van der Waals surface area (Å²) < 4.78 is 0. The Kier molecular flexibility index (Phi) is 4.83. The molecule has 0 atom stereocenters. The molecule has 2 aromatic carbocycles. The van der Waals surface area contributed by atoms with Gasteiger partial charge in [-0.05, 0) is 53.2 Å². The molecule has 1 aromatic heterocycles. The largest absolute Gasteiger partial charge is 0.357 e. The second kappa shape index (κ2) is 7.20. The second-order valence-corrected chi connectivity index (χ2v) is 5.79. The van der Waals surface area contributed by atoms with Crippen molar-refractivity contribution >= 4 is 33.8 Å². The number of aromatic nitrogens is 1. The minimum absolute atomic E-state index is 0.599. The van der Waals surface area contributed by atoms with Crippen molar-refractivity contribution in [2.75, 3.05) is 5.32 Å². The van der Waals surface area contributed by atoms with Gasteiger partial charge < -0.3 is 10.6 Å². The topological polar surface area (TPSA) is 37.0 Å². The molecule has 1 heterocycles. The second-order valence-electron chi connectivity index (χ2n) is 5.38. The predicted octanol–water partition coefficient (Wildman–Crippen LogP) is 4.28. The van der Waals surface area contributed by atoms with Crippen LogP contribution in [0.15, 0.2) is 60.8 Å². The number of nitrogens with one attached hydrogen (secondary N) is 2. The summed E-state index contributed by atoms with van der Waals surface area (Å²) >= 11 is 5.36. The summed E-state index contributed by atoms with van der Waals surface area (Å²) in [6.07, 6.45) is 2.92. The number of anilines is 1. The van der Waals surface area contributed by atoms with Crippen LogP contribution in [0.3, 0.4) is 0 Å². The summed E-state index contributed by atoms with van der Waals surface area (Å²) in [5, 5.41) is 9.42. The third-order valence-electron chi connectivity index (χ3n) is 3.73. The van der Waals surface area contributed by atoms with Crippen LogP contribution in [-0.2, 0) is 13.0 Å². The van der Waals surface area contributed by atoms with Gasteiger partial charge in [-0.3, -0.25) is 4.98 Å². The minimum Gasteiger partial charge on any atom is -0.357 e. The van der Waals surface area contributed by atoms with E-state index >= 15 is 0 Å². The first-order valence-electron chi connectivity index (χ1n) is 7.72. The van der Waals surface area contributed by atoms with Gasteiger partial charge in [-0.25, -0.2) is 0 Å². The SMILES string of the molecule is CCc1ccc(CNC(=S)Nc2ccc3ccccc3c2)nc1. The van der Waals surface area contributed by atoms with E-state index in [1.54, 1.807) is 0 Å². The number of fused-ring (bicyclic) bond motifs is 1. The van der Waals surface area contributed by atoms with Gasteiger partial charge in [0.15, 0.2) is 5.11 Å². The number of rotatable bonds is 4. The van der Waals surface area contributed by atoms with Crippen molar-refractivity contribution in [3.63, 3.8) is 0 Å². The molecule has 0 bridgehead atoms. The number of thiocarbonyl (C=S) groups is 1. The van der Waals surface area contributed by atoms with E-state index in [2.05, 4.69) is 52.9 Å². The van der Waals surface area contributed by atoms with Crippen LogP contribution in [0.2, 0.25) is 0 Å². The van der Waals surface area contributed by atoms with Crippen molar-refractivity contribution in [2.24, 2.45) is 0 Å². The number of pyridine rings is 1. The lowest BCUT2D eigenvalue weighted by molar-refractivity contribution is 0.876. The molecule has 3 nitrogen and oxygen atoms in total. The summed E-state index contributed by atoms with van der Waals surface area (Å²) in [6, 6.07) is 18.6. The monoisotopic (exact) mass is 321 g/mol. The number of hydrogen-bond donors (Lipinski definition) is 2. The number of nitrogens with zero attached hydrogens (tertiary/aromatic N) is 1. The van der Waals surface area contributed by atoms with Gasteiger partial charge in [0.1, 0.15) is 0 Å². The maximum atomic E-state index is 5.36. The molecule has 0 aliphatic rings. The Bertz CT molecular complexity index is 812. The Balaban J connectivity index is 1.59. The first-order chi connectivity index (χ1) is 11.2.